The Kier molecular flexibility index (Phi) is 1.85. The van der Waals surface area contributed by atoms with E-state index in [0.29, 0.717) is 5.89 Å². The van der Waals surface area contributed by atoms with Crippen molar-refractivity contribution in [3.8, 4) is 0 Å². The quantitative estimate of drug-likeness (QED) is 0.616. The summed E-state index contributed by atoms with van der Waals surface area (Å²) in [5.41, 5.74) is 1.03. The van der Waals surface area contributed by atoms with Gasteiger partial charge in [0.15, 0.2) is 0 Å². The van der Waals surface area contributed by atoms with Crippen molar-refractivity contribution in [3.63, 3.8) is 0 Å². The van der Waals surface area contributed by atoms with E-state index in [0.717, 1.165) is 5.69 Å². The third-order valence-electron chi connectivity index (χ3n) is 1.46. The molecule has 1 aromatic heterocycles. The smallest absolute Gasteiger partial charge is 0.218 e. The van der Waals surface area contributed by atoms with Crippen LogP contribution in [0.25, 0.3) is 6.08 Å². The molecule has 2 nitrogen and oxygen atoms in total. The minimum absolute atomic E-state index is 0.0603. The van der Waals surface area contributed by atoms with Crippen LogP contribution in [0.15, 0.2) is 17.3 Å². The summed E-state index contributed by atoms with van der Waals surface area (Å²) in [5, 5.41) is 0. The zero-order valence-corrected chi connectivity index (χ0v) is 7.22. The van der Waals surface area contributed by atoms with Gasteiger partial charge in [0.05, 0.1) is 5.69 Å². The molecule has 1 rings (SSSR count). The fraction of sp³-hybridized carbons (Fsp3) is 0.444. The summed E-state index contributed by atoms with van der Waals surface area (Å²) in [5.74, 6) is 0.593. The molecular weight excluding hydrogens is 138 g/mol. The average Bonchev–Trinajstić information content (AvgIpc) is 2.32. The molecule has 0 saturated carbocycles. The zero-order valence-electron chi connectivity index (χ0n) is 7.22. The summed E-state index contributed by atoms with van der Waals surface area (Å²) in [6.45, 7) is 9.85. The number of hydrogen-bond donors (Lipinski definition) is 0. The molecule has 0 amide bonds. The van der Waals surface area contributed by atoms with Crippen molar-refractivity contribution < 1.29 is 4.42 Å². The highest BCUT2D eigenvalue weighted by atomic mass is 16.3. The van der Waals surface area contributed by atoms with E-state index in [9.17, 15) is 0 Å². The standard InChI is InChI=1S/C9H13NO/c1-5-8-10-7(6-11-8)9(2,3)4/h5-6H,1H2,2-4H3. The molecule has 0 spiro atoms. The van der Waals surface area contributed by atoms with E-state index in [1.807, 2.05) is 0 Å². The first-order chi connectivity index (χ1) is 5.04. The van der Waals surface area contributed by atoms with Crippen LogP contribution in [0.4, 0.5) is 0 Å². The third kappa shape index (κ3) is 1.70. The van der Waals surface area contributed by atoms with Crippen molar-refractivity contribution in [1.82, 2.24) is 4.98 Å². The summed E-state index contributed by atoms with van der Waals surface area (Å²) in [4.78, 5) is 4.22. The molecule has 0 saturated heterocycles. The summed E-state index contributed by atoms with van der Waals surface area (Å²) >= 11 is 0. The van der Waals surface area contributed by atoms with E-state index >= 15 is 0 Å². The zero-order chi connectivity index (χ0) is 8.48. The molecule has 0 radical (unpaired) electrons. The Morgan fingerprint density at radius 2 is 2.18 bits per heavy atom. The largest absolute Gasteiger partial charge is 0.445 e. The highest BCUT2D eigenvalue weighted by molar-refractivity contribution is 5.34. The minimum Gasteiger partial charge on any atom is -0.445 e. The molecule has 60 valence electrons. The molecule has 0 aliphatic heterocycles. The predicted molar refractivity (Wildman–Crippen MR) is 45.3 cm³/mol. The fourth-order valence-corrected chi connectivity index (χ4v) is 0.726. The van der Waals surface area contributed by atoms with E-state index in [1.165, 1.54) is 0 Å². The topological polar surface area (TPSA) is 26.0 Å². The van der Waals surface area contributed by atoms with Gasteiger partial charge < -0.3 is 4.42 Å². The van der Waals surface area contributed by atoms with Gasteiger partial charge in [-0.15, -0.1) is 0 Å². The number of nitrogens with zero attached hydrogens (tertiary/aromatic N) is 1. The first-order valence-electron chi connectivity index (χ1n) is 3.62. The van der Waals surface area contributed by atoms with E-state index in [-0.39, 0.29) is 5.41 Å². The second-order valence-electron chi connectivity index (χ2n) is 3.53. The van der Waals surface area contributed by atoms with Gasteiger partial charge in [-0.2, -0.15) is 0 Å². The molecule has 11 heavy (non-hydrogen) atoms. The van der Waals surface area contributed by atoms with Crippen molar-refractivity contribution in [2.24, 2.45) is 0 Å². The Hall–Kier alpha value is -1.05. The van der Waals surface area contributed by atoms with Crippen LogP contribution in [0.3, 0.4) is 0 Å². The number of aromatic nitrogens is 1. The molecule has 0 N–H and O–H groups in total. The minimum atomic E-state index is 0.0603. The molecule has 2 heteroatoms. The summed E-state index contributed by atoms with van der Waals surface area (Å²) in [6.07, 6.45) is 3.28. The van der Waals surface area contributed by atoms with Crippen LogP contribution in [0, 0.1) is 0 Å². The first-order valence-corrected chi connectivity index (χ1v) is 3.62. The Bertz CT molecular complexity index is 255. The van der Waals surface area contributed by atoms with Gasteiger partial charge in [0, 0.05) is 5.41 Å². The normalized spacial score (nSPS) is 11.5. The van der Waals surface area contributed by atoms with Gasteiger partial charge in [0.1, 0.15) is 6.26 Å². The maximum atomic E-state index is 5.11. The van der Waals surface area contributed by atoms with Gasteiger partial charge in [-0.05, 0) is 6.08 Å². The summed E-state index contributed by atoms with van der Waals surface area (Å²) in [7, 11) is 0. The SMILES string of the molecule is C=Cc1nc(C(C)(C)C)co1. The molecule has 0 fully saturated rings. The van der Waals surface area contributed by atoms with E-state index in [2.05, 4.69) is 32.3 Å². The van der Waals surface area contributed by atoms with Gasteiger partial charge in [-0.1, -0.05) is 27.4 Å². The third-order valence-corrected chi connectivity index (χ3v) is 1.46. The molecule has 0 bridgehead atoms. The van der Waals surface area contributed by atoms with Crippen LogP contribution >= 0.6 is 0 Å². The lowest BCUT2D eigenvalue weighted by atomic mass is 9.93. The lowest BCUT2D eigenvalue weighted by Crippen LogP contribution is -2.11. The number of oxazole rings is 1. The van der Waals surface area contributed by atoms with E-state index in [4.69, 9.17) is 4.42 Å². The molecular formula is C9H13NO. The molecule has 0 aromatic carbocycles. The Balaban J connectivity index is 2.98. The van der Waals surface area contributed by atoms with Crippen LogP contribution < -0.4 is 0 Å². The first kappa shape index (κ1) is 8.05. The van der Waals surface area contributed by atoms with Crippen molar-refractivity contribution in [2.45, 2.75) is 26.2 Å². The van der Waals surface area contributed by atoms with Crippen LogP contribution in [-0.4, -0.2) is 4.98 Å². The van der Waals surface area contributed by atoms with Crippen molar-refractivity contribution >= 4 is 6.08 Å². The summed E-state index contributed by atoms with van der Waals surface area (Å²) in [6, 6.07) is 0. The van der Waals surface area contributed by atoms with Crippen LogP contribution in [-0.2, 0) is 5.41 Å². The Labute approximate surface area is 66.9 Å². The van der Waals surface area contributed by atoms with Crippen molar-refractivity contribution in [3.05, 3.63) is 24.4 Å². The highest BCUT2D eigenvalue weighted by Crippen LogP contribution is 2.20. The van der Waals surface area contributed by atoms with E-state index < -0.39 is 0 Å². The number of hydrogen-bond acceptors (Lipinski definition) is 2. The second kappa shape index (κ2) is 2.53. The van der Waals surface area contributed by atoms with Crippen molar-refractivity contribution in [1.29, 1.82) is 0 Å². The van der Waals surface area contributed by atoms with Gasteiger partial charge in [0.2, 0.25) is 5.89 Å². The monoisotopic (exact) mass is 151 g/mol. The molecule has 0 aliphatic rings. The van der Waals surface area contributed by atoms with Gasteiger partial charge in [-0.25, -0.2) is 4.98 Å². The molecule has 0 aliphatic carbocycles. The van der Waals surface area contributed by atoms with Crippen LogP contribution in [0.2, 0.25) is 0 Å². The Morgan fingerprint density at radius 1 is 1.55 bits per heavy atom. The molecule has 1 heterocycles. The fourth-order valence-electron chi connectivity index (χ4n) is 0.726. The van der Waals surface area contributed by atoms with Crippen LogP contribution in [0.5, 0.6) is 0 Å². The summed E-state index contributed by atoms with van der Waals surface area (Å²) < 4.78 is 5.11. The average molecular weight is 151 g/mol. The second-order valence-corrected chi connectivity index (χ2v) is 3.53. The van der Waals surface area contributed by atoms with Gasteiger partial charge in [0.25, 0.3) is 0 Å². The number of rotatable bonds is 1. The molecule has 0 atom stereocenters. The lowest BCUT2D eigenvalue weighted by Gasteiger charge is -2.12. The van der Waals surface area contributed by atoms with Crippen molar-refractivity contribution in [2.75, 3.05) is 0 Å². The van der Waals surface area contributed by atoms with Gasteiger partial charge in [-0.3, -0.25) is 0 Å². The predicted octanol–water partition coefficient (Wildman–Crippen LogP) is 2.62. The Morgan fingerprint density at radius 3 is 2.45 bits per heavy atom. The maximum absolute atomic E-state index is 5.11. The van der Waals surface area contributed by atoms with Crippen LogP contribution in [0.1, 0.15) is 32.4 Å². The van der Waals surface area contributed by atoms with E-state index in [1.54, 1.807) is 12.3 Å². The highest BCUT2D eigenvalue weighted by Gasteiger charge is 2.17. The maximum Gasteiger partial charge on any atom is 0.218 e. The molecule has 1 aromatic rings. The van der Waals surface area contributed by atoms with Gasteiger partial charge >= 0.3 is 0 Å². The lowest BCUT2D eigenvalue weighted by molar-refractivity contribution is 0.531. The molecule has 0 unspecified atom stereocenters.